The molecule has 0 atom stereocenters. The molecule has 4 heteroatoms. The van der Waals surface area contributed by atoms with Crippen molar-refractivity contribution in [1.82, 2.24) is 0 Å². The molecule has 0 unspecified atom stereocenters. The molecule has 2 aromatic rings. The minimum atomic E-state index is -0.983. The predicted octanol–water partition coefficient (Wildman–Crippen LogP) is 2.15. The second-order valence-corrected chi connectivity index (χ2v) is 3.83. The highest BCUT2D eigenvalue weighted by Crippen LogP contribution is 2.21. The Morgan fingerprint density at radius 2 is 1.39 bits per heavy atom. The second kappa shape index (κ2) is 4.71. The second-order valence-electron chi connectivity index (χ2n) is 3.83. The summed E-state index contributed by atoms with van der Waals surface area (Å²) in [5.74, 6) is -1.49. The Kier molecular flexibility index (Phi) is 3.10. The minimum absolute atomic E-state index is 0.206. The number of nitrogens with two attached hydrogens (primary N) is 1. The Morgan fingerprint density at radius 1 is 0.889 bits per heavy atom. The lowest BCUT2D eigenvalue weighted by Gasteiger charge is -2.04. The molecular formula is C14H11NO3. The lowest BCUT2D eigenvalue weighted by atomic mass is 10.0. The van der Waals surface area contributed by atoms with Crippen LogP contribution in [-0.4, -0.2) is 17.0 Å². The summed E-state index contributed by atoms with van der Waals surface area (Å²) in [6.45, 7) is 0. The van der Waals surface area contributed by atoms with Crippen molar-refractivity contribution >= 4 is 11.9 Å². The Bertz CT molecular complexity index is 564. The van der Waals surface area contributed by atoms with E-state index in [-0.39, 0.29) is 5.56 Å². The summed E-state index contributed by atoms with van der Waals surface area (Å²) >= 11 is 0. The number of hydrogen-bond acceptors (Lipinski definition) is 2. The van der Waals surface area contributed by atoms with Crippen molar-refractivity contribution in [2.45, 2.75) is 0 Å². The van der Waals surface area contributed by atoms with Gasteiger partial charge in [-0.2, -0.15) is 0 Å². The highest BCUT2D eigenvalue weighted by molar-refractivity contribution is 5.94. The third-order valence-electron chi connectivity index (χ3n) is 2.59. The van der Waals surface area contributed by atoms with Gasteiger partial charge in [-0.1, -0.05) is 24.3 Å². The van der Waals surface area contributed by atoms with E-state index in [4.69, 9.17) is 10.8 Å². The maximum Gasteiger partial charge on any atom is 0.335 e. The molecule has 3 N–H and O–H groups in total. The number of benzene rings is 2. The molecular weight excluding hydrogens is 230 g/mol. The first-order valence-corrected chi connectivity index (χ1v) is 5.31. The number of carbonyl (C=O) groups is 2. The highest BCUT2D eigenvalue weighted by atomic mass is 16.4. The van der Waals surface area contributed by atoms with E-state index in [1.807, 2.05) is 0 Å². The van der Waals surface area contributed by atoms with Crippen molar-refractivity contribution < 1.29 is 14.7 Å². The third kappa shape index (κ3) is 2.38. The molecule has 0 radical (unpaired) electrons. The van der Waals surface area contributed by atoms with Gasteiger partial charge in [0.15, 0.2) is 0 Å². The van der Waals surface area contributed by atoms with Crippen molar-refractivity contribution in [1.29, 1.82) is 0 Å². The van der Waals surface area contributed by atoms with Crippen LogP contribution in [0.1, 0.15) is 20.7 Å². The normalized spacial score (nSPS) is 10.0. The molecule has 1 amide bonds. The third-order valence-corrected chi connectivity index (χ3v) is 2.59. The summed E-state index contributed by atoms with van der Waals surface area (Å²) in [6.07, 6.45) is 0. The lowest BCUT2D eigenvalue weighted by Crippen LogP contribution is -2.10. The Balaban J connectivity index is 2.48. The minimum Gasteiger partial charge on any atom is -0.478 e. The topological polar surface area (TPSA) is 80.4 Å². The van der Waals surface area contributed by atoms with Crippen LogP contribution in [-0.2, 0) is 0 Å². The van der Waals surface area contributed by atoms with Crippen LogP contribution in [0, 0.1) is 0 Å². The van der Waals surface area contributed by atoms with E-state index in [2.05, 4.69) is 0 Å². The summed E-state index contributed by atoms with van der Waals surface area (Å²) < 4.78 is 0. The molecule has 4 nitrogen and oxygen atoms in total. The summed E-state index contributed by atoms with van der Waals surface area (Å²) in [6, 6.07) is 13.3. The quantitative estimate of drug-likeness (QED) is 0.863. The smallest absolute Gasteiger partial charge is 0.335 e. The van der Waals surface area contributed by atoms with Gasteiger partial charge in [-0.05, 0) is 35.4 Å². The molecule has 0 saturated heterocycles. The van der Waals surface area contributed by atoms with Crippen molar-refractivity contribution in [3.05, 3.63) is 59.7 Å². The number of rotatable bonds is 3. The fraction of sp³-hybridized carbons (Fsp3) is 0. The SMILES string of the molecule is NC(=O)c1cccc(-c2cccc(C(=O)O)c2)c1. The Hall–Kier alpha value is -2.62. The van der Waals surface area contributed by atoms with E-state index in [0.717, 1.165) is 11.1 Å². The van der Waals surface area contributed by atoms with Gasteiger partial charge < -0.3 is 10.8 Å². The zero-order chi connectivity index (χ0) is 13.1. The summed E-state index contributed by atoms with van der Waals surface area (Å²) in [5.41, 5.74) is 7.30. The molecule has 0 fully saturated rings. The molecule has 0 aliphatic carbocycles. The lowest BCUT2D eigenvalue weighted by molar-refractivity contribution is 0.0696. The van der Waals surface area contributed by atoms with E-state index in [1.54, 1.807) is 42.5 Å². The highest BCUT2D eigenvalue weighted by Gasteiger charge is 2.06. The van der Waals surface area contributed by atoms with Crippen molar-refractivity contribution in [2.24, 2.45) is 5.73 Å². The summed E-state index contributed by atoms with van der Waals surface area (Å²) in [5, 5.41) is 8.92. The van der Waals surface area contributed by atoms with E-state index in [0.29, 0.717) is 5.56 Å². The molecule has 0 bridgehead atoms. The first-order valence-electron chi connectivity index (χ1n) is 5.31. The van der Waals surface area contributed by atoms with Gasteiger partial charge >= 0.3 is 5.97 Å². The van der Waals surface area contributed by atoms with Crippen LogP contribution in [0.2, 0.25) is 0 Å². The van der Waals surface area contributed by atoms with Crippen molar-refractivity contribution in [3.63, 3.8) is 0 Å². The van der Waals surface area contributed by atoms with Gasteiger partial charge in [0, 0.05) is 5.56 Å². The van der Waals surface area contributed by atoms with Crippen LogP contribution in [0.5, 0.6) is 0 Å². The molecule has 0 aliphatic rings. The maximum atomic E-state index is 11.1. The number of carboxylic acids is 1. The Morgan fingerprint density at radius 3 is 1.89 bits per heavy atom. The molecule has 2 aromatic carbocycles. The van der Waals surface area contributed by atoms with Crippen LogP contribution >= 0.6 is 0 Å². The van der Waals surface area contributed by atoms with E-state index in [9.17, 15) is 9.59 Å². The monoisotopic (exact) mass is 241 g/mol. The number of aromatic carboxylic acids is 1. The predicted molar refractivity (Wildman–Crippen MR) is 67.4 cm³/mol. The summed E-state index contributed by atoms with van der Waals surface area (Å²) in [4.78, 5) is 22.0. The van der Waals surface area contributed by atoms with Gasteiger partial charge in [0.05, 0.1) is 5.56 Å². The van der Waals surface area contributed by atoms with Crippen LogP contribution < -0.4 is 5.73 Å². The van der Waals surface area contributed by atoms with Gasteiger partial charge in [-0.15, -0.1) is 0 Å². The Labute approximate surface area is 104 Å². The zero-order valence-corrected chi connectivity index (χ0v) is 9.46. The largest absolute Gasteiger partial charge is 0.478 e. The molecule has 2 rings (SSSR count). The maximum absolute atomic E-state index is 11.1. The first-order chi connectivity index (χ1) is 8.58. The first kappa shape index (κ1) is 11.9. The number of carboxylic acid groups (broad SMARTS) is 1. The molecule has 90 valence electrons. The molecule has 0 spiro atoms. The number of carbonyl (C=O) groups excluding carboxylic acids is 1. The van der Waals surface area contributed by atoms with Gasteiger partial charge in [0.1, 0.15) is 0 Å². The average molecular weight is 241 g/mol. The fourth-order valence-corrected chi connectivity index (χ4v) is 1.68. The van der Waals surface area contributed by atoms with Crippen LogP contribution in [0.15, 0.2) is 48.5 Å². The average Bonchev–Trinajstić information content (AvgIpc) is 2.39. The van der Waals surface area contributed by atoms with E-state index >= 15 is 0 Å². The number of hydrogen-bond donors (Lipinski definition) is 2. The van der Waals surface area contributed by atoms with Crippen molar-refractivity contribution in [3.8, 4) is 11.1 Å². The van der Waals surface area contributed by atoms with E-state index in [1.165, 1.54) is 6.07 Å². The van der Waals surface area contributed by atoms with Crippen molar-refractivity contribution in [2.75, 3.05) is 0 Å². The molecule has 18 heavy (non-hydrogen) atoms. The van der Waals surface area contributed by atoms with Crippen LogP contribution in [0.3, 0.4) is 0 Å². The van der Waals surface area contributed by atoms with Crippen LogP contribution in [0.25, 0.3) is 11.1 Å². The number of amides is 1. The molecule has 0 heterocycles. The van der Waals surface area contributed by atoms with Gasteiger partial charge in [-0.25, -0.2) is 4.79 Å². The van der Waals surface area contributed by atoms with Crippen LogP contribution in [0.4, 0.5) is 0 Å². The van der Waals surface area contributed by atoms with E-state index < -0.39 is 11.9 Å². The van der Waals surface area contributed by atoms with Gasteiger partial charge in [0.2, 0.25) is 5.91 Å². The number of primary amides is 1. The van der Waals surface area contributed by atoms with Gasteiger partial charge in [0.25, 0.3) is 0 Å². The molecule has 0 aliphatic heterocycles. The fourth-order valence-electron chi connectivity index (χ4n) is 1.68. The van der Waals surface area contributed by atoms with Gasteiger partial charge in [-0.3, -0.25) is 4.79 Å². The molecule has 0 aromatic heterocycles. The standard InChI is InChI=1S/C14H11NO3/c15-13(16)11-5-1-3-9(7-11)10-4-2-6-12(8-10)14(17)18/h1-8H,(H2,15,16)(H,17,18). The summed E-state index contributed by atoms with van der Waals surface area (Å²) in [7, 11) is 0. The molecule has 0 saturated carbocycles. The zero-order valence-electron chi connectivity index (χ0n) is 9.46.